The SMILES string of the molecule is CC1(C)CCN(C2CNCc3ccccc32)C1. The van der Waals surface area contributed by atoms with E-state index in [-0.39, 0.29) is 0 Å². The van der Waals surface area contributed by atoms with E-state index in [1.807, 2.05) is 0 Å². The zero-order chi connectivity index (χ0) is 11.9. The fraction of sp³-hybridized carbons (Fsp3) is 0.600. The summed E-state index contributed by atoms with van der Waals surface area (Å²) in [6, 6.07) is 9.48. The van der Waals surface area contributed by atoms with Crippen molar-refractivity contribution in [1.29, 1.82) is 0 Å². The highest BCUT2D eigenvalue weighted by molar-refractivity contribution is 5.32. The van der Waals surface area contributed by atoms with Gasteiger partial charge in [-0.05, 0) is 29.5 Å². The zero-order valence-electron chi connectivity index (χ0n) is 10.9. The van der Waals surface area contributed by atoms with Crippen molar-refractivity contribution in [3.63, 3.8) is 0 Å². The third kappa shape index (κ3) is 2.12. The first-order valence-corrected chi connectivity index (χ1v) is 6.68. The van der Waals surface area contributed by atoms with Crippen molar-refractivity contribution in [3.8, 4) is 0 Å². The molecule has 1 saturated heterocycles. The van der Waals surface area contributed by atoms with E-state index < -0.39 is 0 Å². The maximum Gasteiger partial charge on any atom is 0.0476 e. The van der Waals surface area contributed by atoms with E-state index in [1.54, 1.807) is 5.56 Å². The van der Waals surface area contributed by atoms with Crippen molar-refractivity contribution in [3.05, 3.63) is 35.4 Å². The molecule has 0 aromatic heterocycles. The van der Waals surface area contributed by atoms with E-state index >= 15 is 0 Å². The number of nitrogens with one attached hydrogen (secondary N) is 1. The molecule has 1 atom stereocenters. The Labute approximate surface area is 104 Å². The summed E-state index contributed by atoms with van der Waals surface area (Å²) in [5.74, 6) is 0. The van der Waals surface area contributed by atoms with Gasteiger partial charge in [0.15, 0.2) is 0 Å². The average molecular weight is 230 g/mol. The molecule has 0 radical (unpaired) electrons. The van der Waals surface area contributed by atoms with Gasteiger partial charge in [-0.25, -0.2) is 0 Å². The molecule has 2 heterocycles. The van der Waals surface area contributed by atoms with Gasteiger partial charge in [-0.1, -0.05) is 38.1 Å². The van der Waals surface area contributed by atoms with Crippen molar-refractivity contribution in [2.24, 2.45) is 5.41 Å². The summed E-state index contributed by atoms with van der Waals surface area (Å²) < 4.78 is 0. The number of nitrogens with zero attached hydrogens (tertiary/aromatic N) is 1. The van der Waals surface area contributed by atoms with Gasteiger partial charge in [-0.3, -0.25) is 4.90 Å². The quantitative estimate of drug-likeness (QED) is 0.797. The molecule has 0 aliphatic carbocycles. The normalized spacial score (nSPS) is 28.0. The molecule has 1 unspecified atom stereocenters. The number of hydrogen-bond acceptors (Lipinski definition) is 2. The minimum atomic E-state index is 0.492. The van der Waals surface area contributed by atoms with E-state index in [1.165, 1.54) is 25.1 Å². The van der Waals surface area contributed by atoms with Gasteiger partial charge < -0.3 is 5.32 Å². The molecule has 3 rings (SSSR count). The highest BCUT2D eigenvalue weighted by atomic mass is 15.2. The van der Waals surface area contributed by atoms with Crippen LogP contribution in [0.5, 0.6) is 0 Å². The highest BCUT2D eigenvalue weighted by Gasteiger charge is 2.35. The Hall–Kier alpha value is -0.860. The number of likely N-dealkylation sites (tertiary alicyclic amines) is 1. The molecule has 1 aromatic rings. The number of fused-ring (bicyclic) bond motifs is 1. The lowest BCUT2D eigenvalue weighted by atomic mass is 9.92. The molecule has 0 spiro atoms. The summed E-state index contributed by atoms with van der Waals surface area (Å²) in [4.78, 5) is 2.66. The first kappa shape index (κ1) is 11.2. The fourth-order valence-corrected chi connectivity index (χ4v) is 3.22. The lowest BCUT2D eigenvalue weighted by Crippen LogP contribution is -2.39. The standard InChI is InChI=1S/C15H22N2/c1-15(2)7-8-17(11-15)14-10-16-9-12-5-3-4-6-13(12)14/h3-6,14,16H,7-11H2,1-2H3. The second-order valence-electron chi connectivity index (χ2n) is 6.23. The summed E-state index contributed by atoms with van der Waals surface area (Å²) >= 11 is 0. The Balaban J connectivity index is 1.86. The van der Waals surface area contributed by atoms with Crippen molar-refractivity contribution in [1.82, 2.24) is 10.2 Å². The number of hydrogen-bond donors (Lipinski definition) is 1. The van der Waals surface area contributed by atoms with Crippen LogP contribution in [0.15, 0.2) is 24.3 Å². The van der Waals surface area contributed by atoms with Gasteiger partial charge in [-0.2, -0.15) is 0 Å². The minimum Gasteiger partial charge on any atom is -0.311 e. The number of rotatable bonds is 1. The molecule has 2 aliphatic rings. The maximum absolute atomic E-state index is 3.55. The van der Waals surface area contributed by atoms with Gasteiger partial charge in [-0.15, -0.1) is 0 Å². The number of benzene rings is 1. The van der Waals surface area contributed by atoms with Crippen LogP contribution in [0.4, 0.5) is 0 Å². The fourth-order valence-electron chi connectivity index (χ4n) is 3.22. The van der Waals surface area contributed by atoms with E-state index in [2.05, 4.69) is 48.3 Å². The Bertz CT molecular complexity index is 411. The molecule has 0 amide bonds. The first-order chi connectivity index (χ1) is 8.16. The van der Waals surface area contributed by atoms with Crippen LogP contribution in [0.25, 0.3) is 0 Å². The van der Waals surface area contributed by atoms with Crippen molar-refractivity contribution in [2.45, 2.75) is 32.9 Å². The van der Waals surface area contributed by atoms with Crippen molar-refractivity contribution in [2.75, 3.05) is 19.6 Å². The Kier molecular flexibility index (Phi) is 2.72. The van der Waals surface area contributed by atoms with Crippen LogP contribution >= 0.6 is 0 Å². The van der Waals surface area contributed by atoms with E-state index in [4.69, 9.17) is 0 Å². The molecule has 2 heteroatoms. The molecule has 2 nitrogen and oxygen atoms in total. The van der Waals surface area contributed by atoms with Gasteiger partial charge >= 0.3 is 0 Å². The van der Waals surface area contributed by atoms with Crippen LogP contribution in [0.2, 0.25) is 0 Å². The van der Waals surface area contributed by atoms with Gasteiger partial charge in [0, 0.05) is 25.7 Å². The third-order valence-corrected chi connectivity index (χ3v) is 4.21. The molecule has 92 valence electrons. The van der Waals surface area contributed by atoms with Crippen LogP contribution in [-0.2, 0) is 6.54 Å². The topological polar surface area (TPSA) is 15.3 Å². The molecule has 1 fully saturated rings. The highest BCUT2D eigenvalue weighted by Crippen LogP contribution is 2.36. The van der Waals surface area contributed by atoms with Crippen LogP contribution in [0.1, 0.15) is 37.4 Å². The predicted octanol–water partition coefficient (Wildman–Crippen LogP) is 2.56. The van der Waals surface area contributed by atoms with E-state index in [0.717, 1.165) is 13.1 Å². The van der Waals surface area contributed by atoms with Crippen LogP contribution in [0, 0.1) is 5.41 Å². The predicted molar refractivity (Wildman–Crippen MR) is 70.9 cm³/mol. The summed E-state index contributed by atoms with van der Waals surface area (Å²) in [6.07, 6.45) is 1.33. The first-order valence-electron chi connectivity index (χ1n) is 6.68. The van der Waals surface area contributed by atoms with Gasteiger partial charge in [0.2, 0.25) is 0 Å². The van der Waals surface area contributed by atoms with Crippen molar-refractivity contribution >= 4 is 0 Å². The molecule has 0 saturated carbocycles. The molecule has 1 aromatic carbocycles. The molecule has 2 aliphatic heterocycles. The Morgan fingerprint density at radius 2 is 2.12 bits per heavy atom. The van der Waals surface area contributed by atoms with Gasteiger partial charge in [0.05, 0.1) is 0 Å². The van der Waals surface area contributed by atoms with E-state index in [9.17, 15) is 0 Å². The lowest BCUT2D eigenvalue weighted by Gasteiger charge is -2.34. The minimum absolute atomic E-state index is 0.492. The molecular weight excluding hydrogens is 208 g/mol. The summed E-state index contributed by atoms with van der Waals surface area (Å²) in [6.45, 7) is 9.38. The van der Waals surface area contributed by atoms with Crippen LogP contribution in [-0.4, -0.2) is 24.5 Å². The molecule has 17 heavy (non-hydrogen) atoms. The zero-order valence-corrected chi connectivity index (χ0v) is 10.9. The van der Waals surface area contributed by atoms with Gasteiger partial charge in [0.1, 0.15) is 0 Å². The lowest BCUT2D eigenvalue weighted by molar-refractivity contribution is 0.205. The Morgan fingerprint density at radius 3 is 2.88 bits per heavy atom. The second kappa shape index (κ2) is 4.11. The molecule has 1 N–H and O–H groups in total. The van der Waals surface area contributed by atoms with Crippen molar-refractivity contribution < 1.29 is 0 Å². The third-order valence-electron chi connectivity index (χ3n) is 4.21. The van der Waals surface area contributed by atoms with Crippen LogP contribution in [0.3, 0.4) is 0 Å². The van der Waals surface area contributed by atoms with Crippen LogP contribution < -0.4 is 5.32 Å². The Morgan fingerprint density at radius 1 is 1.29 bits per heavy atom. The summed E-state index contributed by atoms with van der Waals surface area (Å²) in [5, 5.41) is 3.55. The smallest absolute Gasteiger partial charge is 0.0476 e. The molecular formula is C15H22N2. The van der Waals surface area contributed by atoms with E-state index in [0.29, 0.717) is 11.5 Å². The maximum atomic E-state index is 3.55. The summed E-state index contributed by atoms with van der Waals surface area (Å²) in [7, 11) is 0. The second-order valence-corrected chi connectivity index (χ2v) is 6.23. The summed E-state index contributed by atoms with van der Waals surface area (Å²) in [5.41, 5.74) is 3.52. The molecule has 0 bridgehead atoms. The monoisotopic (exact) mass is 230 g/mol. The van der Waals surface area contributed by atoms with Gasteiger partial charge in [0.25, 0.3) is 0 Å². The average Bonchev–Trinajstić information content (AvgIpc) is 2.69. The largest absolute Gasteiger partial charge is 0.311 e.